The molecule has 7 heteroatoms. The number of anilines is 1. The fraction of sp³-hybridized carbons (Fsp3) is 0.300. The van der Waals surface area contributed by atoms with Crippen molar-refractivity contribution in [2.24, 2.45) is 5.10 Å². The van der Waals surface area contributed by atoms with E-state index in [0.29, 0.717) is 11.6 Å². The summed E-state index contributed by atoms with van der Waals surface area (Å²) in [6, 6.07) is 3.38. The number of esters is 1. The molecule has 6 nitrogen and oxygen atoms in total. The fourth-order valence-electron chi connectivity index (χ4n) is 0.984. The molecule has 0 bridgehead atoms. The van der Waals surface area contributed by atoms with Gasteiger partial charge in [0.05, 0.1) is 13.7 Å². The second kappa shape index (κ2) is 6.70. The Bertz CT molecular complexity index is 423. The van der Waals surface area contributed by atoms with Crippen LogP contribution in [0.1, 0.15) is 6.92 Å². The SMILES string of the molecule is CCOC(=O)/C(Cl)=N/Nc1cccnc1OC. The van der Waals surface area contributed by atoms with Crippen molar-refractivity contribution in [3.63, 3.8) is 0 Å². The van der Waals surface area contributed by atoms with Gasteiger partial charge in [0.2, 0.25) is 11.1 Å². The Morgan fingerprint density at radius 2 is 2.41 bits per heavy atom. The lowest BCUT2D eigenvalue weighted by Gasteiger charge is -2.05. The van der Waals surface area contributed by atoms with E-state index in [0.717, 1.165) is 0 Å². The Labute approximate surface area is 104 Å². The topological polar surface area (TPSA) is 72.8 Å². The lowest BCUT2D eigenvalue weighted by Crippen LogP contribution is -2.13. The molecule has 1 aromatic heterocycles. The van der Waals surface area contributed by atoms with Crippen molar-refractivity contribution >= 4 is 28.4 Å². The Balaban J connectivity index is 2.71. The molecule has 0 spiro atoms. The zero-order valence-electron chi connectivity index (χ0n) is 9.44. The third-order valence-electron chi connectivity index (χ3n) is 1.68. The van der Waals surface area contributed by atoms with Crippen molar-refractivity contribution in [1.29, 1.82) is 0 Å². The first kappa shape index (κ1) is 13.2. The van der Waals surface area contributed by atoms with Gasteiger partial charge in [-0.3, -0.25) is 5.43 Å². The van der Waals surface area contributed by atoms with E-state index in [1.807, 2.05) is 0 Å². The molecule has 0 radical (unpaired) electrons. The molecule has 0 atom stereocenters. The van der Waals surface area contributed by atoms with Gasteiger partial charge in [-0.05, 0) is 19.1 Å². The van der Waals surface area contributed by atoms with Gasteiger partial charge >= 0.3 is 5.97 Å². The van der Waals surface area contributed by atoms with Crippen molar-refractivity contribution in [1.82, 2.24) is 4.98 Å². The summed E-state index contributed by atoms with van der Waals surface area (Å²) in [6.45, 7) is 1.92. The average Bonchev–Trinajstić information content (AvgIpc) is 2.36. The number of halogens is 1. The summed E-state index contributed by atoms with van der Waals surface area (Å²) in [7, 11) is 1.48. The van der Waals surface area contributed by atoms with Crippen LogP contribution in [0.2, 0.25) is 0 Å². The molecule has 1 N–H and O–H groups in total. The van der Waals surface area contributed by atoms with Crippen LogP contribution in [-0.2, 0) is 9.53 Å². The lowest BCUT2D eigenvalue weighted by molar-refractivity contribution is -0.134. The predicted molar refractivity (Wildman–Crippen MR) is 64.3 cm³/mol. The van der Waals surface area contributed by atoms with Gasteiger partial charge in [-0.2, -0.15) is 5.10 Å². The number of aromatic nitrogens is 1. The Morgan fingerprint density at radius 3 is 3.06 bits per heavy atom. The van der Waals surface area contributed by atoms with Crippen molar-refractivity contribution in [2.75, 3.05) is 19.1 Å². The van der Waals surface area contributed by atoms with Gasteiger partial charge in [-0.1, -0.05) is 11.6 Å². The standard InChI is InChI=1S/C10H12ClN3O3/c1-3-17-10(15)8(11)14-13-7-5-4-6-12-9(7)16-2/h4-6,13H,3H2,1-2H3/b14-8-. The number of pyridine rings is 1. The Kier molecular flexibility index (Phi) is 5.22. The molecule has 1 rings (SSSR count). The van der Waals surface area contributed by atoms with Crippen LogP contribution < -0.4 is 10.2 Å². The van der Waals surface area contributed by atoms with Gasteiger partial charge in [-0.25, -0.2) is 9.78 Å². The normalized spacial score (nSPS) is 10.9. The number of methoxy groups -OCH3 is 1. The molecule has 0 aliphatic rings. The van der Waals surface area contributed by atoms with Gasteiger partial charge in [0.25, 0.3) is 0 Å². The number of hydrazone groups is 1. The molecule has 0 amide bonds. The van der Waals surface area contributed by atoms with E-state index in [1.165, 1.54) is 7.11 Å². The monoisotopic (exact) mass is 257 g/mol. The molecule has 0 aliphatic carbocycles. The highest BCUT2D eigenvalue weighted by Crippen LogP contribution is 2.19. The molecule has 0 aliphatic heterocycles. The van der Waals surface area contributed by atoms with Crippen LogP contribution in [0.3, 0.4) is 0 Å². The highest BCUT2D eigenvalue weighted by molar-refractivity contribution is 6.82. The minimum Gasteiger partial charge on any atom is -0.479 e. The first-order valence-corrected chi connectivity index (χ1v) is 5.22. The lowest BCUT2D eigenvalue weighted by atomic mass is 10.4. The number of carbonyl (C=O) groups excluding carboxylic acids is 1. The van der Waals surface area contributed by atoms with Crippen LogP contribution in [0.25, 0.3) is 0 Å². The van der Waals surface area contributed by atoms with Crippen LogP contribution in [-0.4, -0.2) is 29.8 Å². The largest absolute Gasteiger partial charge is 0.479 e. The summed E-state index contributed by atoms with van der Waals surface area (Å²) in [5.41, 5.74) is 3.07. The highest BCUT2D eigenvalue weighted by Gasteiger charge is 2.09. The molecule has 1 aromatic rings. The summed E-state index contributed by atoms with van der Waals surface area (Å²) in [6.07, 6.45) is 1.57. The van der Waals surface area contributed by atoms with Crippen LogP contribution in [0.15, 0.2) is 23.4 Å². The summed E-state index contributed by atoms with van der Waals surface area (Å²) in [5.74, 6) is -0.339. The van der Waals surface area contributed by atoms with Crippen molar-refractivity contribution in [3.05, 3.63) is 18.3 Å². The van der Waals surface area contributed by atoms with E-state index < -0.39 is 5.97 Å². The average molecular weight is 258 g/mol. The van der Waals surface area contributed by atoms with E-state index in [1.54, 1.807) is 25.3 Å². The molecule has 0 saturated heterocycles. The van der Waals surface area contributed by atoms with Crippen molar-refractivity contribution in [2.45, 2.75) is 6.92 Å². The molecular formula is C10H12ClN3O3. The fourth-order valence-corrected chi connectivity index (χ4v) is 1.08. The van der Waals surface area contributed by atoms with Crippen molar-refractivity contribution < 1.29 is 14.3 Å². The number of nitrogens with zero attached hydrogens (tertiary/aromatic N) is 2. The molecule has 0 fully saturated rings. The maximum atomic E-state index is 11.1. The van der Waals surface area contributed by atoms with Crippen LogP contribution in [0.4, 0.5) is 5.69 Å². The highest BCUT2D eigenvalue weighted by atomic mass is 35.5. The number of hydrogen-bond donors (Lipinski definition) is 1. The van der Waals surface area contributed by atoms with Gasteiger partial charge in [-0.15, -0.1) is 0 Å². The Morgan fingerprint density at radius 1 is 1.65 bits per heavy atom. The second-order valence-corrected chi connectivity index (χ2v) is 3.15. The molecule has 1 heterocycles. The van der Waals surface area contributed by atoms with E-state index >= 15 is 0 Å². The number of nitrogens with one attached hydrogen (secondary N) is 1. The second-order valence-electron chi connectivity index (χ2n) is 2.80. The zero-order chi connectivity index (χ0) is 12.7. The summed E-state index contributed by atoms with van der Waals surface area (Å²) < 4.78 is 9.64. The smallest absolute Gasteiger partial charge is 0.370 e. The van der Waals surface area contributed by atoms with Crippen LogP contribution >= 0.6 is 11.6 Å². The molecule has 0 aromatic carbocycles. The minimum atomic E-state index is -0.690. The van der Waals surface area contributed by atoms with Gasteiger partial charge in [0.15, 0.2) is 0 Å². The van der Waals surface area contributed by atoms with Gasteiger partial charge in [0, 0.05) is 6.20 Å². The summed E-state index contributed by atoms with van der Waals surface area (Å²) in [5, 5.41) is 3.37. The summed E-state index contributed by atoms with van der Waals surface area (Å²) in [4.78, 5) is 15.1. The zero-order valence-corrected chi connectivity index (χ0v) is 10.2. The van der Waals surface area contributed by atoms with E-state index in [2.05, 4.69) is 20.2 Å². The molecule has 92 valence electrons. The third kappa shape index (κ3) is 3.92. The van der Waals surface area contributed by atoms with Crippen LogP contribution in [0, 0.1) is 0 Å². The van der Waals surface area contributed by atoms with Gasteiger partial charge in [0.1, 0.15) is 5.69 Å². The molecule has 0 saturated carbocycles. The van der Waals surface area contributed by atoms with E-state index in [9.17, 15) is 4.79 Å². The third-order valence-corrected chi connectivity index (χ3v) is 1.92. The summed E-state index contributed by atoms with van der Waals surface area (Å²) >= 11 is 5.61. The maximum Gasteiger partial charge on any atom is 0.370 e. The van der Waals surface area contributed by atoms with E-state index in [-0.39, 0.29) is 11.8 Å². The number of rotatable bonds is 5. The Hall–Kier alpha value is -1.82. The maximum absolute atomic E-state index is 11.1. The number of carbonyl (C=O) groups is 1. The van der Waals surface area contributed by atoms with Crippen LogP contribution in [0.5, 0.6) is 5.88 Å². The first-order valence-electron chi connectivity index (χ1n) is 4.84. The van der Waals surface area contributed by atoms with E-state index in [4.69, 9.17) is 16.3 Å². The quantitative estimate of drug-likeness (QED) is 0.493. The van der Waals surface area contributed by atoms with Crippen molar-refractivity contribution in [3.8, 4) is 5.88 Å². The molecular weight excluding hydrogens is 246 g/mol. The van der Waals surface area contributed by atoms with Gasteiger partial charge < -0.3 is 9.47 Å². The minimum absolute atomic E-state index is 0.237. The molecule has 0 unspecified atom stereocenters. The molecule has 17 heavy (non-hydrogen) atoms. The predicted octanol–water partition coefficient (Wildman–Crippen LogP) is 1.62. The number of hydrogen-bond acceptors (Lipinski definition) is 6. The first-order chi connectivity index (χ1) is 8.19. The number of ether oxygens (including phenoxy) is 2.